The molecular formula is C22H32N4O3. The molecule has 0 radical (unpaired) electrons. The molecule has 2 N–H and O–H groups in total. The van der Waals surface area contributed by atoms with Gasteiger partial charge in [-0.1, -0.05) is 51.1 Å². The summed E-state index contributed by atoms with van der Waals surface area (Å²) in [5.74, 6) is -0.943. The molecule has 2 heterocycles. The van der Waals surface area contributed by atoms with Crippen LogP contribution in [0.4, 0.5) is 4.79 Å². The number of likely N-dealkylation sites (tertiary alicyclic amines) is 1. The molecule has 0 saturated carbocycles. The van der Waals surface area contributed by atoms with Crippen molar-refractivity contribution in [2.45, 2.75) is 45.6 Å². The minimum Gasteiger partial charge on any atom is -0.368 e. The van der Waals surface area contributed by atoms with E-state index in [1.165, 1.54) is 0 Å². The van der Waals surface area contributed by atoms with Crippen LogP contribution in [-0.2, 0) is 16.0 Å². The summed E-state index contributed by atoms with van der Waals surface area (Å²) in [6.07, 6.45) is 1.83. The Morgan fingerprint density at radius 1 is 1.10 bits per heavy atom. The fourth-order valence-electron chi connectivity index (χ4n) is 4.51. The molecule has 1 aromatic carbocycles. The number of nitrogens with zero attached hydrogens (tertiary/aromatic N) is 3. The largest absolute Gasteiger partial charge is 0.368 e. The first-order valence-corrected chi connectivity index (χ1v) is 10.3. The predicted octanol–water partition coefficient (Wildman–Crippen LogP) is 1.86. The predicted molar refractivity (Wildman–Crippen MR) is 111 cm³/mol. The van der Waals surface area contributed by atoms with Crippen LogP contribution in [0.5, 0.6) is 0 Å². The summed E-state index contributed by atoms with van der Waals surface area (Å²) in [5.41, 5.74) is 5.72. The average Bonchev–Trinajstić information content (AvgIpc) is 2.83. The molecule has 1 aromatic rings. The van der Waals surface area contributed by atoms with Gasteiger partial charge in [0, 0.05) is 26.2 Å². The molecule has 7 nitrogen and oxygen atoms in total. The maximum Gasteiger partial charge on any atom is 0.328 e. The van der Waals surface area contributed by atoms with Gasteiger partial charge in [0.05, 0.1) is 0 Å². The Hall–Kier alpha value is -2.41. The van der Waals surface area contributed by atoms with Crippen LogP contribution in [0.3, 0.4) is 0 Å². The summed E-state index contributed by atoms with van der Waals surface area (Å²) in [6, 6.07) is 9.52. The van der Waals surface area contributed by atoms with E-state index in [1.807, 2.05) is 30.3 Å². The lowest BCUT2D eigenvalue weighted by atomic mass is 9.84. The van der Waals surface area contributed by atoms with Crippen molar-refractivity contribution in [2.75, 3.05) is 32.7 Å². The molecule has 2 aliphatic rings. The molecule has 0 atom stereocenters. The van der Waals surface area contributed by atoms with E-state index in [4.69, 9.17) is 5.73 Å². The SMILES string of the molecule is CC(C)(C)CN1CCC2(CC1)C(=O)N(CC(N)=O)C(=O)N2CCc1ccccc1. The highest BCUT2D eigenvalue weighted by atomic mass is 16.2. The van der Waals surface area contributed by atoms with E-state index in [9.17, 15) is 14.4 Å². The number of amides is 4. The molecule has 0 bridgehead atoms. The van der Waals surface area contributed by atoms with Gasteiger partial charge in [-0.25, -0.2) is 4.79 Å². The highest BCUT2D eigenvalue weighted by Crippen LogP contribution is 2.38. The van der Waals surface area contributed by atoms with E-state index in [0.29, 0.717) is 25.8 Å². The van der Waals surface area contributed by atoms with Gasteiger partial charge in [0.1, 0.15) is 12.1 Å². The number of piperidine rings is 1. The number of imide groups is 1. The lowest BCUT2D eigenvalue weighted by Gasteiger charge is -2.43. The van der Waals surface area contributed by atoms with Crippen LogP contribution in [0, 0.1) is 5.41 Å². The van der Waals surface area contributed by atoms with Gasteiger partial charge in [0.25, 0.3) is 5.91 Å². The molecule has 158 valence electrons. The van der Waals surface area contributed by atoms with Gasteiger partial charge < -0.3 is 15.5 Å². The van der Waals surface area contributed by atoms with Crippen molar-refractivity contribution >= 4 is 17.8 Å². The third kappa shape index (κ3) is 4.61. The summed E-state index contributed by atoms with van der Waals surface area (Å²) >= 11 is 0. The second-order valence-corrected chi connectivity index (χ2v) is 9.40. The van der Waals surface area contributed by atoms with Gasteiger partial charge in [-0.3, -0.25) is 14.5 Å². The number of nitrogens with two attached hydrogens (primary N) is 1. The number of urea groups is 1. The van der Waals surface area contributed by atoms with Gasteiger partial charge in [-0.05, 0) is 30.2 Å². The van der Waals surface area contributed by atoms with Crippen LogP contribution in [0.25, 0.3) is 0 Å². The quantitative estimate of drug-likeness (QED) is 0.739. The molecule has 7 heteroatoms. The van der Waals surface area contributed by atoms with Gasteiger partial charge in [-0.2, -0.15) is 0 Å². The van der Waals surface area contributed by atoms with Crippen molar-refractivity contribution < 1.29 is 14.4 Å². The molecule has 0 unspecified atom stereocenters. The first-order valence-electron chi connectivity index (χ1n) is 10.3. The molecule has 3 rings (SSSR count). The van der Waals surface area contributed by atoms with E-state index < -0.39 is 17.5 Å². The van der Waals surface area contributed by atoms with Crippen LogP contribution in [-0.4, -0.2) is 70.8 Å². The van der Waals surface area contributed by atoms with Crippen molar-refractivity contribution in [2.24, 2.45) is 11.1 Å². The summed E-state index contributed by atoms with van der Waals surface area (Å²) in [5, 5.41) is 0. The third-order valence-corrected chi connectivity index (χ3v) is 5.78. The Balaban J connectivity index is 1.80. The molecule has 0 aliphatic carbocycles. The van der Waals surface area contributed by atoms with E-state index in [-0.39, 0.29) is 17.9 Å². The maximum absolute atomic E-state index is 13.3. The Bertz CT molecular complexity index is 764. The first-order chi connectivity index (χ1) is 13.6. The number of carbonyl (C=O) groups is 3. The standard InChI is InChI=1S/C22H32N4O3/c1-21(2,3)16-24-13-10-22(11-14-24)19(28)25(15-18(23)27)20(29)26(22)12-9-17-7-5-4-6-8-17/h4-8H,9-16H2,1-3H3,(H2,23,27). The molecule has 4 amide bonds. The second-order valence-electron chi connectivity index (χ2n) is 9.40. The van der Waals surface area contributed by atoms with Crippen LogP contribution in [0.1, 0.15) is 39.2 Å². The molecule has 1 spiro atoms. The minimum absolute atomic E-state index is 0.172. The molecular weight excluding hydrogens is 368 g/mol. The second kappa shape index (κ2) is 8.14. The summed E-state index contributed by atoms with van der Waals surface area (Å²) < 4.78 is 0. The van der Waals surface area contributed by atoms with Gasteiger partial charge >= 0.3 is 6.03 Å². The molecule has 29 heavy (non-hydrogen) atoms. The van der Waals surface area contributed by atoms with E-state index in [2.05, 4.69) is 25.7 Å². The lowest BCUT2D eigenvalue weighted by Crippen LogP contribution is -2.57. The Morgan fingerprint density at radius 3 is 2.28 bits per heavy atom. The zero-order valence-electron chi connectivity index (χ0n) is 17.7. The minimum atomic E-state index is -0.865. The molecule has 2 aliphatic heterocycles. The topological polar surface area (TPSA) is 87.0 Å². The Morgan fingerprint density at radius 2 is 1.72 bits per heavy atom. The zero-order chi connectivity index (χ0) is 21.2. The summed E-state index contributed by atoms with van der Waals surface area (Å²) in [4.78, 5) is 42.9. The Kier molecular flexibility index (Phi) is 5.98. The zero-order valence-corrected chi connectivity index (χ0v) is 17.7. The van der Waals surface area contributed by atoms with E-state index in [1.54, 1.807) is 4.90 Å². The van der Waals surface area contributed by atoms with E-state index in [0.717, 1.165) is 30.1 Å². The molecule has 0 aromatic heterocycles. The smallest absolute Gasteiger partial charge is 0.328 e. The number of carbonyl (C=O) groups excluding carboxylic acids is 3. The van der Waals surface area contributed by atoms with Crippen molar-refractivity contribution in [1.82, 2.24) is 14.7 Å². The Labute approximate surface area is 172 Å². The fourth-order valence-corrected chi connectivity index (χ4v) is 4.51. The number of hydrogen-bond donors (Lipinski definition) is 1. The highest BCUT2D eigenvalue weighted by Gasteiger charge is 2.57. The van der Waals surface area contributed by atoms with Crippen LogP contribution in [0.15, 0.2) is 30.3 Å². The summed E-state index contributed by atoms with van der Waals surface area (Å²) in [6.45, 7) is 9.13. The third-order valence-electron chi connectivity index (χ3n) is 5.78. The van der Waals surface area contributed by atoms with Crippen LogP contribution in [0.2, 0.25) is 0 Å². The number of hydrogen-bond acceptors (Lipinski definition) is 4. The van der Waals surface area contributed by atoms with Crippen molar-refractivity contribution in [3.63, 3.8) is 0 Å². The average molecular weight is 401 g/mol. The first kappa shape index (κ1) is 21.3. The lowest BCUT2D eigenvalue weighted by molar-refractivity contribution is -0.137. The number of primary amides is 1. The number of rotatable bonds is 6. The highest BCUT2D eigenvalue weighted by molar-refractivity contribution is 6.09. The van der Waals surface area contributed by atoms with Crippen LogP contribution < -0.4 is 5.73 Å². The van der Waals surface area contributed by atoms with Crippen molar-refractivity contribution in [3.05, 3.63) is 35.9 Å². The number of benzene rings is 1. The van der Waals surface area contributed by atoms with Crippen molar-refractivity contribution in [3.8, 4) is 0 Å². The molecule has 2 saturated heterocycles. The monoisotopic (exact) mass is 400 g/mol. The van der Waals surface area contributed by atoms with Gasteiger partial charge in [0.2, 0.25) is 5.91 Å². The normalized spacial score (nSPS) is 20.0. The van der Waals surface area contributed by atoms with Crippen molar-refractivity contribution in [1.29, 1.82) is 0 Å². The summed E-state index contributed by atoms with van der Waals surface area (Å²) in [7, 11) is 0. The van der Waals surface area contributed by atoms with E-state index >= 15 is 0 Å². The van der Waals surface area contributed by atoms with Crippen LogP contribution >= 0.6 is 0 Å². The van der Waals surface area contributed by atoms with Gasteiger partial charge in [-0.15, -0.1) is 0 Å². The molecule has 2 fully saturated rings. The maximum atomic E-state index is 13.3. The van der Waals surface area contributed by atoms with Gasteiger partial charge in [0.15, 0.2) is 0 Å². The fraction of sp³-hybridized carbons (Fsp3) is 0.591.